The molecule has 0 aromatic heterocycles. The number of hydrogen-bond acceptors (Lipinski definition) is 6. The van der Waals surface area contributed by atoms with Crippen molar-refractivity contribution < 1.29 is 28.4 Å². The zero-order chi connectivity index (χ0) is 24.9. The number of ether oxygens (including phenoxy) is 2. The largest absolute Gasteiger partial charge is 0.492 e. The van der Waals surface area contributed by atoms with Crippen LogP contribution in [0, 0.1) is 0 Å². The molecule has 0 spiro atoms. The van der Waals surface area contributed by atoms with Crippen LogP contribution in [0.5, 0.6) is 0 Å². The van der Waals surface area contributed by atoms with E-state index in [9.17, 15) is 9.59 Å². The third kappa shape index (κ3) is 6.20. The van der Waals surface area contributed by atoms with Gasteiger partial charge >= 0.3 is 19.2 Å². The van der Waals surface area contributed by atoms with Crippen LogP contribution < -0.4 is 5.32 Å². The molecule has 0 unspecified atom stereocenters. The molecule has 1 aliphatic rings. The molecular formula is C25H29BClNO6. The van der Waals surface area contributed by atoms with Gasteiger partial charge in [0.1, 0.15) is 6.61 Å². The zero-order valence-corrected chi connectivity index (χ0v) is 20.8. The van der Waals surface area contributed by atoms with Crippen LogP contribution in [0.2, 0.25) is 5.02 Å². The number of rotatable bonds is 7. The number of carbonyl (C=O) groups excluding carboxylic acids is 2. The van der Waals surface area contributed by atoms with Crippen molar-refractivity contribution in [2.45, 2.75) is 45.5 Å². The van der Waals surface area contributed by atoms with E-state index >= 15 is 0 Å². The number of benzene rings is 2. The Bertz CT molecular complexity index is 1050. The Labute approximate surface area is 205 Å². The van der Waals surface area contributed by atoms with Gasteiger partial charge in [-0.1, -0.05) is 54.1 Å². The number of carbonyl (C=O) groups is 2. The summed E-state index contributed by atoms with van der Waals surface area (Å²) in [5.41, 5.74) is 1.31. The predicted molar refractivity (Wildman–Crippen MR) is 131 cm³/mol. The van der Waals surface area contributed by atoms with Crippen LogP contribution in [-0.2, 0) is 25.4 Å². The molecule has 0 aliphatic carbocycles. The molecule has 1 aliphatic heterocycles. The SMILES string of the molecule is COC(=O)c1cc(C=C(CNC(=O)OCc2ccccc2)B2OC(C)(C)C(C)(C)O2)ccc1Cl. The Balaban J connectivity index is 1.80. The second-order valence-corrected chi connectivity index (χ2v) is 9.36. The number of alkyl carbamates (subject to hydrolysis) is 1. The van der Waals surface area contributed by atoms with E-state index in [1.54, 1.807) is 24.3 Å². The summed E-state index contributed by atoms with van der Waals surface area (Å²) in [5, 5.41) is 3.04. The van der Waals surface area contributed by atoms with Crippen molar-refractivity contribution in [1.29, 1.82) is 0 Å². The minimum atomic E-state index is -0.711. The third-order valence-electron chi connectivity index (χ3n) is 5.95. The Hall–Kier alpha value is -2.81. The summed E-state index contributed by atoms with van der Waals surface area (Å²) in [5.74, 6) is -0.542. The van der Waals surface area contributed by atoms with Crippen LogP contribution in [0.3, 0.4) is 0 Å². The van der Waals surface area contributed by atoms with E-state index in [-0.39, 0.29) is 23.7 Å². The van der Waals surface area contributed by atoms with Gasteiger partial charge in [0, 0.05) is 6.54 Å². The van der Waals surface area contributed by atoms with E-state index in [1.807, 2.05) is 58.0 Å². The first-order valence-corrected chi connectivity index (χ1v) is 11.3. The molecule has 34 heavy (non-hydrogen) atoms. The maximum Gasteiger partial charge on any atom is 0.492 e. The molecule has 1 N–H and O–H groups in total. The number of esters is 1. The molecule has 0 radical (unpaired) electrons. The van der Waals surface area contributed by atoms with Crippen LogP contribution in [-0.4, -0.2) is 44.0 Å². The van der Waals surface area contributed by atoms with Gasteiger partial charge in [-0.3, -0.25) is 0 Å². The average Bonchev–Trinajstić information content (AvgIpc) is 3.03. The smallest absolute Gasteiger partial charge is 0.465 e. The van der Waals surface area contributed by atoms with Crippen LogP contribution in [0.4, 0.5) is 4.79 Å². The van der Waals surface area contributed by atoms with E-state index in [4.69, 9.17) is 30.4 Å². The number of halogens is 1. The van der Waals surface area contributed by atoms with Crippen molar-refractivity contribution >= 4 is 36.9 Å². The molecule has 1 amide bonds. The van der Waals surface area contributed by atoms with Crippen LogP contribution in [0.15, 0.2) is 54.0 Å². The van der Waals surface area contributed by atoms with Gasteiger partial charge in [-0.15, -0.1) is 0 Å². The lowest BCUT2D eigenvalue weighted by atomic mass is 9.77. The van der Waals surface area contributed by atoms with Gasteiger partial charge in [0.2, 0.25) is 0 Å². The van der Waals surface area contributed by atoms with E-state index in [0.29, 0.717) is 11.0 Å². The maximum absolute atomic E-state index is 12.3. The Morgan fingerprint density at radius 1 is 1.06 bits per heavy atom. The minimum Gasteiger partial charge on any atom is -0.465 e. The number of hydrogen-bond donors (Lipinski definition) is 1. The molecule has 2 aromatic carbocycles. The molecule has 180 valence electrons. The van der Waals surface area contributed by atoms with Crippen molar-refractivity contribution in [3.8, 4) is 0 Å². The summed E-state index contributed by atoms with van der Waals surface area (Å²) < 4.78 is 22.5. The molecular weight excluding hydrogens is 457 g/mol. The quantitative estimate of drug-likeness (QED) is 0.435. The molecule has 1 fully saturated rings. The summed E-state index contributed by atoms with van der Waals surface area (Å²) in [6.45, 7) is 8.06. The van der Waals surface area contributed by atoms with Crippen molar-refractivity contribution in [2.75, 3.05) is 13.7 Å². The fourth-order valence-electron chi connectivity index (χ4n) is 3.26. The first-order valence-electron chi connectivity index (χ1n) is 10.9. The molecule has 0 bridgehead atoms. The fourth-order valence-corrected chi connectivity index (χ4v) is 3.45. The van der Waals surface area contributed by atoms with Gasteiger partial charge < -0.3 is 24.1 Å². The highest BCUT2D eigenvalue weighted by Crippen LogP contribution is 2.38. The lowest BCUT2D eigenvalue weighted by Crippen LogP contribution is -2.41. The van der Waals surface area contributed by atoms with Crippen LogP contribution in [0.1, 0.15) is 49.2 Å². The van der Waals surface area contributed by atoms with Crippen LogP contribution in [0.25, 0.3) is 6.08 Å². The molecule has 0 atom stereocenters. The van der Waals surface area contributed by atoms with E-state index < -0.39 is 30.4 Å². The summed E-state index contributed by atoms with van der Waals surface area (Å²) in [6, 6.07) is 14.4. The standard InChI is InChI=1S/C25H29BClNO6/c1-24(2)25(3,4)34-26(33-24)19(13-18-11-12-21(27)20(14-18)22(29)31-5)15-28-23(30)32-16-17-9-7-6-8-10-17/h6-14H,15-16H2,1-5H3,(H,28,30). The van der Waals surface area contributed by atoms with Crippen LogP contribution >= 0.6 is 11.6 Å². The van der Waals surface area contributed by atoms with Crippen molar-refractivity contribution in [2.24, 2.45) is 0 Å². The molecule has 9 heteroatoms. The molecule has 1 saturated heterocycles. The summed E-state index contributed by atoms with van der Waals surface area (Å²) in [7, 11) is 0.582. The maximum atomic E-state index is 12.3. The van der Waals surface area contributed by atoms with E-state index in [2.05, 4.69) is 5.32 Å². The van der Waals surface area contributed by atoms with Gasteiger partial charge in [0.15, 0.2) is 0 Å². The molecule has 3 rings (SSSR count). The number of nitrogens with one attached hydrogen (secondary N) is 1. The lowest BCUT2D eigenvalue weighted by Gasteiger charge is -2.32. The molecule has 1 heterocycles. The highest BCUT2D eigenvalue weighted by atomic mass is 35.5. The normalized spacial score (nSPS) is 16.8. The van der Waals surface area contributed by atoms with Gasteiger partial charge in [0.25, 0.3) is 0 Å². The summed E-state index contributed by atoms with van der Waals surface area (Å²) in [6.07, 6.45) is 1.22. The highest BCUT2D eigenvalue weighted by molar-refractivity contribution is 6.56. The Morgan fingerprint density at radius 2 is 1.71 bits per heavy atom. The number of amides is 1. The van der Waals surface area contributed by atoms with E-state index in [0.717, 1.165) is 5.56 Å². The predicted octanol–water partition coefficient (Wildman–Crippen LogP) is 5.07. The molecule has 2 aromatic rings. The second-order valence-electron chi connectivity index (χ2n) is 8.95. The monoisotopic (exact) mass is 485 g/mol. The van der Waals surface area contributed by atoms with Gasteiger partial charge in [-0.2, -0.15) is 0 Å². The fraction of sp³-hybridized carbons (Fsp3) is 0.360. The topological polar surface area (TPSA) is 83.1 Å². The lowest BCUT2D eigenvalue weighted by molar-refractivity contribution is 0.00578. The minimum absolute atomic E-state index is 0.112. The van der Waals surface area contributed by atoms with Gasteiger partial charge in [0.05, 0.1) is 28.9 Å². The molecule has 0 saturated carbocycles. The van der Waals surface area contributed by atoms with Crippen molar-refractivity contribution in [3.63, 3.8) is 0 Å². The first kappa shape index (κ1) is 25.8. The third-order valence-corrected chi connectivity index (χ3v) is 6.28. The highest BCUT2D eigenvalue weighted by Gasteiger charge is 2.52. The number of methoxy groups -OCH3 is 1. The first-order chi connectivity index (χ1) is 16.0. The summed E-state index contributed by atoms with van der Waals surface area (Å²) >= 11 is 6.15. The summed E-state index contributed by atoms with van der Waals surface area (Å²) in [4.78, 5) is 24.4. The Morgan fingerprint density at radius 3 is 2.32 bits per heavy atom. The zero-order valence-electron chi connectivity index (χ0n) is 20.0. The molecule has 7 nitrogen and oxygen atoms in total. The van der Waals surface area contributed by atoms with Crippen molar-refractivity contribution in [3.05, 3.63) is 75.7 Å². The Kier molecular flexibility index (Phi) is 8.07. The van der Waals surface area contributed by atoms with Gasteiger partial charge in [-0.05, 0) is 56.4 Å². The van der Waals surface area contributed by atoms with Gasteiger partial charge in [-0.25, -0.2) is 9.59 Å². The second kappa shape index (κ2) is 10.6. The van der Waals surface area contributed by atoms with Crippen molar-refractivity contribution in [1.82, 2.24) is 5.32 Å². The average molecular weight is 486 g/mol. The van der Waals surface area contributed by atoms with E-state index in [1.165, 1.54) is 7.11 Å².